The maximum absolute atomic E-state index is 11.1. The summed E-state index contributed by atoms with van der Waals surface area (Å²) in [5.74, 6) is 0.109. The number of carboxylic acids is 1. The number of unbranched alkanes of at least 4 members (excludes halogenated alkanes) is 5. The van der Waals surface area contributed by atoms with Crippen LogP contribution in [0.25, 0.3) is 0 Å². The van der Waals surface area contributed by atoms with Crippen molar-refractivity contribution in [3.63, 3.8) is 0 Å². The smallest absolute Gasteiger partial charge is 0.336 e. The van der Waals surface area contributed by atoms with E-state index >= 15 is 0 Å². The lowest BCUT2D eigenvalue weighted by Crippen LogP contribution is -2.17. The zero-order valence-electron chi connectivity index (χ0n) is 13.6. The Labute approximate surface area is 138 Å². The Balaban J connectivity index is 2.01. The van der Waals surface area contributed by atoms with Crippen LogP contribution in [0.4, 0.5) is 0 Å². The summed E-state index contributed by atoms with van der Waals surface area (Å²) in [5.41, 5.74) is 0.410. The number of carbonyl (C=O) groups is 1. The number of rotatable bonds is 13. The van der Waals surface area contributed by atoms with Gasteiger partial charge in [-0.05, 0) is 43.8 Å². The molecule has 0 atom stereocenters. The quantitative estimate of drug-likeness (QED) is 0.404. The molecule has 1 aromatic rings. The molecule has 0 unspecified atom stereocenters. The third-order valence-corrected chi connectivity index (χ3v) is 4.74. The Hall–Kier alpha value is -1.00. The van der Waals surface area contributed by atoms with Crippen molar-refractivity contribution in [1.29, 1.82) is 0 Å². The van der Waals surface area contributed by atoms with Gasteiger partial charge in [-0.2, -0.15) is 0 Å². The van der Waals surface area contributed by atoms with Crippen LogP contribution in [-0.4, -0.2) is 29.9 Å². The predicted molar refractivity (Wildman–Crippen MR) is 95.0 cm³/mol. The van der Waals surface area contributed by atoms with Crippen molar-refractivity contribution in [2.24, 2.45) is 0 Å². The fraction of sp³-hybridized carbons (Fsp3) is 0.611. The van der Waals surface area contributed by atoms with Crippen LogP contribution < -0.4 is 5.32 Å². The summed E-state index contributed by atoms with van der Waals surface area (Å²) in [5, 5.41) is 12.6. The molecule has 22 heavy (non-hydrogen) atoms. The van der Waals surface area contributed by atoms with Gasteiger partial charge in [-0.25, -0.2) is 4.79 Å². The molecule has 124 valence electrons. The Morgan fingerprint density at radius 3 is 2.50 bits per heavy atom. The summed E-state index contributed by atoms with van der Waals surface area (Å²) in [7, 11) is 0. The van der Waals surface area contributed by atoms with Crippen molar-refractivity contribution >= 4 is 17.7 Å². The van der Waals surface area contributed by atoms with E-state index in [1.807, 2.05) is 12.1 Å². The van der Waals surface area contributed by atoms with E-state index in [0.29, 0.717) is 5.56 Å². The Bertz CT molecular complexity index is 423. The largest absolute Gasteiger partial charge is 0.478 e. The van der Waals surface area contributed by atoms with Gasteiger partial charge in [0.25, 0.3) is 0 Å². The average Bonchev–Trinajstić information content (AvgIpc) is 2.53. The normalized spacial score (nSPS) is 10.8. The molecule has 0 amide bonds. The molecule has 0 spiro atoms. The molecule has 0 saturated heterocycles. The van der Waals surface area contributed by atoms with Crippen molar-refractivity contribution in [3.05, 3.63) is 29.8 Å². The van der Waals surface area contributed by atoms with Gasteiger partial charge < -0.3 is 10.4 Å². The van der Waals surface area contributed by atoms with E-state index in [1.54, 1.807) is 23.9 Å². The summed E-state index contributed by atoms with van der Waals surface area (Å²) in [4.78, 5) is 12.0. The lowest BCUT2D eigenvalue weighted by molar-refractivity contribution is 0.0693. The van der Waals surface area contributed by atoms with Crippen molar-refractivity contribution < 1.29 is 9.90 Å². The second kappa shape index (κ2) is 12.5. The molecule has 0 bridgehead atoms. The summed E-state index contributed by atoms with van der Waals surface area (Å²) in [6.07, 6.45) is 9.05. The van der Waals surface area contributed by atoms with Crippen LogP contribution in [-0.2, 0) is 0 Å². The minimum atomic E-state index is -0.843. The van der Waals surface area contributed by atoms with Crippen molar-refractivity contribution in [2.75, 3.05) is 18.8 Å². The van der Waals surface area contributed by atoms with Gasteiger partial charge in [0, 0.05) is 4.90 Å². The first-order valence-corrected chi connectivity index (χ1v) is 9.40. The van der Waals surface area contributed by atoms with Gasteiger partial charge in [-0.1, -0.05) is 51.2 Å². The monoisotopic (exact) mass is 323 g/mol. The number of aromatic carboxylic acids is 1. The highest BCUT2D eigenvalue weighted by Crippen LogP contribution is 2.23. The molecule has 0 aliphatic carbocycles. The molecule has 0 aliphatic rings. The zero-order valence-corrected chi connectivity index (χ0v) is 14.5. The van der Waals surface area contributed by atoms with Crippen molar-refractivity contribution in [2.45, 2.75) is 56.8 Å². The van der Waals surface area contributed by atoms with Crippen molar-refractivity contribution in [1.82, 2.24) is 5.32 Å². The van der Waals surface area contributed by atoms with Crippen LogP contribution in [0, 0.1) is 0 Å². The van der Waals surface area contributed by atoms with Gasteiger partial charge >= 0.3 is 5.97 Å². The molecule has 0 fully saturated rings. The molecule has 2 N–H and O–H groups in total. The number of carboxylic acid groups (broad SMARTS) is 1. The van der Waals surface area contributed by atoms with Crippen LogP contribution in [0.1, 0.15) is 62.2 Å². The molecule has 3 nitrogen and oxygen atoms in total. The number of nitrogens with one attached hydrogen (secondary N) is 1. The average molecular weight is 324 g/mol. The third-order valence-electron chi connectivity index (χ3n) is 3.58. The van der Waals surface area contributed by atoms with Gasteiger partial charge in [0.15, 0.2) is 0 Å². The Morgan fingerprint density at radius 2 is 1.73 bits per heavy atom. The molecule has 0 saturated carbocycles. The minimum Gasteiger partial charge on any atom is -0.478 e. The number of hydrogen-bond donors (Lipinski definition) is 2. The molecule has 0 heterocycles. The van der Waals surface area contributed by atoms with E-state index in [4.69, 9.17) is 5.11 Å². The van der Waals surface area contributed by atoms with E-state index in [-0.39, 0.29) is 0 Å². The lowest BCUT2D eigenvalue weighted by atomic mass is 10.1. The van der Waals surface area contributed by atoms with Gasteiger partial charge in [0.2, 0.25) is 0 Å². The van der Waals surface area contributed by atoms with Gasteiger partial charge in [-0.3, -0.25) is 0 Å². The Morgan fingerprint density at radius 1 is 1.05 bits per heavy atom. The molecule has 1 rings (SSSR count). The van der Waals surface area contributed by atoms with Gasteiger partial charge in [-0.15, -0.1) is 11.8 Å². The topological polar surface area (TPSA) is 49.3 Å². The second-order valence-electron chi connectivity index (χ2n) is 5.52. The zero-order chi connectivity index (χ0) is 16.0. The number of thioether (sulfide) groups is 1. The summed E-state index contributed by atoms with van der Waals surface area (Å²) in [6, 6.07) is 7.22. The van der Waals surface area contributed by atoms with Crippen LogP contribution in [0.3, 0.4) is 0 Å². The summed E-state index contributed by atoms with van der Waals surface area (Å²) >= 11 is 1.63. The molecule has 0 aromatic heterocycles. The van der Waals surface area contributed by atoms with E-state index < -0.39 is 5.97 Å². The summed E-state index contributed by atoms with van der Waals surface area (Å²) in [6.45, 7) is 4.36. The molecule has 4 heteroatoms. The second-order valence-corrected chi connectivity index (χ2v) is 6.66. The standard InChI is InChI=1S/C18H29NO2S/c1-2-3-4-5-6-9-13-19-14-10-15-22-17-12-8-7-11-16(17)18(20)21/h7-8,11-12,19H,2-6,9-10,13-15H2,1H3,(H,20,21). The molecular formula is C18H29NO2S. The molecular weight excluding hydrogens is 294 g/mol. The van der Waals surface area contributed by atoms with E-state index in [0.717, 1.165) is 30.2 Å². The molecule has 0 radical (unpaired) electrons. The Kier molecular flexibility index (Phi) is 10.9. The fourth-order valence-corrected chi connectivity index (χ4v) is 3.30. The van der Waals surface area contributed by atoms with Gasteiger partial charge in [0.1, 0.15) is 0 Å². The van der Waals surface area contributed by atoms with Crippen LogP contribution in [0.15, 0.2) is 29.2 Å². The number of hydrogen-bond acceptors (Lipinski definition) is 3. The predicted octanol–water partition coefficient (Wildman–Crippen LogP) is 4.82. The third kappa shape index (κ3) is 8.44. The van der Waals surface area contributed by atoms with Crippen LogP contribution >= 0.6 is 11.8 Å². The summed E-state index contributed by atoms with van der Waals surface area (Å²) < 4.78 is 0. The maximum atomic E-state index is 11.1. The minimum absolute atomic E-state index is 0.410. The van der Waals surface area contributed by atoms with Crippen LogP contribution in [0.5, 0.6) is 0 Å². The first kappa shape index (κ1) is 19.0. The van der Waals surface area contributed by atoms with E-state index in [1.165, 1.54) is 38.5 Å². The van der Waals surface area contributed by atoms with E-state index in [9.17, 15) is 4.79 Å². The van der Waals surface area contributed by atoms with Crippen LogP contribution in [0.2, 0.25) is 0 Å². The SMILES string of the molecule is CCCCCCCCNCCCSc1ccccc1C(=O)O. The lowest BCUT2D eigenvalue weighted by Gasteiger charge is -2.07. The molecule has 1 aromatic carbocycles. The highest BCUT2D eigenvalue weighted by atomic mass is 32.2. The highest BCUT2D eigenvalue weighted by molar-refractivity contribution is 7.99. The molecule has 0 aliphatic heterocycles. The van der Waals surface area contributed by atoms with Gasteiger partial charge in [0.05, 0.1) is 5.56 Å². The van der Waals surface area contributed by atoms with Crippen molar-refractivity contribution in [3.8, 4) is 0 Å². The van der Waals surface area contributed by atoms with E-state index in [2.05, 4.69) is 12.2 Å². The maximum Gasteiger partial charge on any atom is 0.336 e. The first-order chi connectivity index (χ1) is 10.8. The highest BCUT2D eigenvalue weighted by Gasteiger charge is 2.08. The first-order valence-electron chi connectivity index (χ1n) is 8.41. The fourth-order valence-electron chi connectivity index (χ4n) is 2.30. The number of benzene rings is 1.